The van der Waals surface area contributed by atoms with Crippen LogP contribution in [0.25, 0.3) is 0 Å². The summed E-state index contributed by atoms with van der Waals surface area (Å²) in [6, 6.07) is 4.64. The molecule has 4 nitrogen and oxygen atoms in total. The van der Waals surface area contributed by atoms with Crippen LogP contribution in [0.1, 0.15) is 35.7 Å². The zero-order valence-corrected chi connectivity index (χ0v) is 9.53. The van der Waals surface area contributed by atoms with Crippen LogP contribution in [0.2, 0.25) is 0 Å². The van der Waals surface area contributed by atoms with Gasteiger partial charge in [-0.1, -0.05) is 18.9 Å². The summed E-state index contributed by atoms with van der Waals surface area (Å²) in [5.74, 6) is 1.31. The largest absolute Gasteiger partial charge is 0.424 e. The maximum Gasteiger partial charge on any atom is 0.311 e. The summed E-state index contributed by atoms with van der Waals surface area (Å²) >= 11 is 0. The lowest BCUT2D eigenvalue weighted by atomic mass is 10.1. The average Bonchev–Trinajstić information content (AvgIpc) is 2.29. The van der Waals surface area contributed by atoms with Crippen LogP contribution < -0.4 is 10.5 Å². The fourth-order valence-corrected chi connectivity index (χ4v) is 1.32. The molecule has 0 spiro atoms. The number of amides is 1. The molecule has 0 fully saturated rings. The minimum absolute atomic E-state index is 0.0703. The van der Waals surface area contributed by atoms with Gasteiger partial charge in [-0.3, -0.25) is 9.59 Å². The second-order valence-corrected chi connectivity index (χ2v) is 3.41. The highest BCUT2D eigenvalue weighted by Gasteiger charge is 2.15. The molecule has 4 heteroatoms. The van der Waals surface area contributed by atoms with E-state index in [0.717, 1.165) is 0 Å². The first-order chi connectivity index (χ1) is 8.10. The zero-order chi connectivity index (χ0) is 12.8. The van der Waals surface area contributed by atoms with Gasteiger partial charge in [0, 0.05) is 6.42 Å². The SMILES string of the molecule is C#Cc1cccc(C(N)=O)c1OC(=O)CCC. The van der Waals surface area contributed by atoms with Gasteiger partial charge in [0.25, 0.3) is 5.91 Å². The van der Waals surface area contributed by atoms with Gasteiger partial charge in [-0.2, -0.15) is 0 Å². The second kappa shape index (κ2) is 5.71. The van der Waals surface area contributed by atoms with Gasteiger partial charge in [-0.15, -0.1) is 6.42 Å². The van der Waals surface area contributed by atoms with E-state index in [2.05, 4.69) is 5.92 Å². The summed E-state index contributed by atoms with van der Waals surface area (Å²) in [4.78, 5) is 22.6. The van der Waals surface area contributed by atoms with E-state index >= 15 is 0 Å². The fraction of sp³-hybridized carbons (Fsp3) is 0.231. The average molecular weight is 231 g/mol. The van der Waals surface area contributed by atoms with Gasteiger partial charge in [-0.25, -0.2) is 0 Å². The molecule has 0 saturated carbocycles. The van der Waals surface area contributed by atoms with Crippen molar-refractivity contribution in [1.29, 1.82) is 0 Å². The van der Waals surface area contributed by atoms with E-state index in [1.807, 2.05) is 6.92 Å². The van der Waals surface area contributed by atoms with E-state index in [0.29, 0.717) is 12.0 Å². The van der Waals surface area contributed by atoms with Gasteiger partial charge in [0.2, 0.25) is 0 Å². The summed E-state index contributed by atoms with van der Waals surface area (Å²) in [5.41, 5.74) is 5.64. The molecule has 0 aliphatic heterocycles. The third kappa shape index (κ3) is 3.08. The number of primary amides is 1. The minimum Gasteiger partial charge on any atom is -0.424 e. The van der Waals surface area contributed by atoms with Gasteiger partial charge in [0.05, 0.1) is 11.1 Å². The highest BCUT2D eigenvalue weighted by Crippen LogP contribution is 2.23. The van der Waals surface area contributed by atoms with Gasteiger partial charge in [-0.05, 0) is 18.6 Å². The van der Waals surface area contributed by atoms with Crippen molar-refractivity contribution < 1.29 is 14.3 Å². The molecular formula is C13H13NO3. The number of ether oxygens (including phenoxy) is 1. The number of terminal acetylenes is 1. The summed E-state index contributed by atoms with van der Waals surface area (Å²) in [7, 11) is 0. The minimum atomic E-state index is -0.679. The van der Waals surface area contributed by atoms with Crippen molar-refractivity contribution in [2.75, 3.05) is 0 Å². The number of nitrogens with two attached hydrogens (primary N) is 1. The van der Waals surface area contributed by atoms with Crippen molar-refractivity contribution in [3.05, 3.63) is 29.3 Å². The molecule has 1 aromatic carbocycles. The molecule has 0 unspecified atom stereocenters. The summed E-state index contributed by atoms with van der Waals surface area (Å²) < 4.78 is 5.09. The molecular weight excluding hydrogens is 218 g/mol. The molecule has 0 atom stereocenters. The quantitative estimate of drug-likeness (QED) is 0.484. The van der Waals surface area contributed by atoms with Crippen LogP contribution in [0.4, 0.5) is 0 Å². The molecule has 1 amide bonds. The van der Waals surface area contributed by atoms with Crippen LogP contribution in [0.3, 0.4) is 0 Å². The van der Waals surface area contributed by atoms with Crippen LogP contribution in [-0.4, -0.2) is 11.9 Å². The molecule has 0 bridgehead atoms. The second-order valence-electron chi connectivity index (χ2n) is 3.41. The molecule has 17 heavy (non-hydrogen) atoms. The summed E-state index contributed by atoms with van der Waals surface area (Å²) in [6.45, 7) is 1.85. The highest BCUT2D eigenvalue weighted by molar-refractivity contribution is 5.97. The molecule has 1 aromatic rings. The van der Waals surface area contributed by atoms with Crippen molar-refractivity contribution in [3.63, 3.8) is 0 Å². The smallest absolute Gasteiger partial charge is 0.311 e. The number of para-hydroxylation sites is 1. The number of carbonyl (C=O) groups is 2. The van der Waals surface area contributed by atoms with Crippen LogP contribution >= 0.6 is 0 Å². The Balaban J connectivity index is 3.15. The van der Waals surface area contributed by atoms with E-state index < -0.39 is 11.9 Å². The number of hydrogen-bond acceptors (Lipinski definition) is 3. The third-order valence-electron chi connectivity index (χ3n) is 2.11. The first kappa shape index (κ1) is 12.8. The Labute approximate surface area is 99.8 Å². The van der Waals surface area contributed by atoms with E-state index in [9.17, 15) is 9.59 Å². The van der Waals surface area contributed by atoms with Gasteiger partial charge in [0.15, 0.2) is 5.75 Å². The van der Waals surface area contributed by atoms with Gasteiger partial charge in [0.1, 0.15) is 0 Å². The molecule has 1 rings (SSSR count). The molecule has 0 aliphatic rings. The zero-order valence-electron chi connectivity index (χ0n) is 9.53. The lowest BCUT2D eigenvalue weighted by Gasteiger charge is -2.09. The van der Waals surface area contributed by atoms with Crippen LogP contribution in [0.15, 0.2) is 18.2 Å². The lowest BCUT2D eigenvalue weighted by molar-refractivity contribution is -0.134. The topological polar surface area (TPSA) is 69.4 Å². The van der Waals surface area contributed by atoms with E-state index in [-0.39, 0.29) is 17.7 Å². The first-order valence-corrected chi connectivity index (χ1v) is 5.20. The fourth-order valence-electron chi connectivity index (χ4n) is 1.32. The molecule has 0 radical (unpaired) electrons. The molecule has 0 saturated heterocycles. The number of esters is 1. The molecule has 0 aromatic heterocycles. The standard InChI is InChI=1S/C13H13NO3/c1-3-6-11(15)17-12-9(4-2)7-5-8-10(12)13(14)16/h2,5,7-8H,3,6H2,1H3,(H2,14,16). The monoisotopic (exact) mass is 231 g/mol. The van der Waals surface area contributed by atoms with E-state index in [4.69, 9.17) is 16.9 Å². The maximum absolute atomic E-state index is 11.4. The lowest BCUT2D eigenvalue weighted by Crippen LogP contribution is -2.16. The number of rotatable bonds is 4. The number of hydrogen-bond donors (Lipinski definition) is 1. The van der Waals surface area contributed by atoms with Crippen molar-refractivity contribution in [3.8, 4) is 18.1 Å². The maximum atomic E-state index is 11.4. The molecule has 88 valence electrons. The van der Waals surface area contributed by atoms with Crippen molar-refractivity contribution in [1.82, 2.24) is 0 Å². The Morgan fingerprint density at radius 2 is 2.18 bits per heavy atom. The van der Waals surface area contributed by atoms with Crippen molar-refractivity contribution in [2.45, 2.75) is 19.8 Å². The molecule has 0 aliphatic carbocycles. The molecule has 0 heterocycles. The van der Waals surface area contributed by atoms with Gasteiger partial charge < -0.3 is 10.5 Å². The van der Waals surface area contributed by atoms with Crippen LogP contribution in [-0.2, 0) is 4.79 Å². The Morgan fingerprint density at radius 3 is 2.71 bits per heavy atom. The predicted octanol–water partition coefficient (Wildman–Crippen LogP) is 1.47. The van der Waals surface area contributed by atoms with Crippen LogP contribution in [0.5, 0.6) is 5.75 Å². The van der Waals surface area contributed by atoms with E-state index in [1.54, 1.807) is 12.1 Å². The normalized spacial score (nSPS) is 9.41. The number of benzene rings is 1. The van der Waals surface area contributed by atoms with E-state index in [1.165, 1.54) is 6.07 Å². The first-order valence-electron chi connectivity index (χ1n) is 5.20. The third-order valence-corrected chi connectivity index (χ3v) is 2.11. The Bertz CT molecular complexity index is 486. The highest BCUT2D eigenvalue weighted by atomic mass is 16.5. The Hall–Kier alpha value is -2.28. The Morgan fingerprint density at radius 1 is 1.47 bits per heavy atom. The Kier molecular flexibility index (Phi) is 4.29. The number of carbonyl (C=O) groups excluding carboxylic acids is 2. The van der Waals surface area contributed by atoms with Crippen molar-refractivity contribution >= 4 is 11.9 Å². The van der Waals surface area contributed by atoms with Crippen LogP contribution in [0, 0.1) is 12.3 Å². The van der Waals surface area contributed by atoms with Gasteiger partial charge >= 0.3 is 5.97 Å². The molecule has 2 N–H and O–H groups in total. The summed E-state index contributed by atoms with van der Waals surface area (Å²) in [5, 5.41) is 0. The predicted molar refractivity (Wildman–Crippen MR) is 63.4 cm³/mol. The van der Waals surface area contributed by atoms with Crippen molar-refractivity contribution in [2.24, 2.45) is 5.73 Å². The summed E-state index contributed by atoms with van der Waals surface area (Å²) in [6.07, 6.45) is 6.19.